The molecule has 0 bridgehead atoms. The topological polar surface area (TPSA) is 152 Å². The second-order valence-corrected chi connectivity index (χ2v) is 9.52. The molecular weight excluding hydrogens is 550 g/mol. The van der Waals surface area contributed by atoms with E-state index in [1.54, 1.807) is 0 Å². The molecule has 0 saturated carbocycles. The van der Waals surface area contributed by atoms with Crippen molar-refractivity contribution in [3.8, 4) is 28.9 Å². The third-order valence-corrected chi connectivity index (χ3v) is 6.39. The third-order valence-electron chi connectivity index (χ3n) is 6.39. The molecule has 42 heavy (non-hydrogen) atoms. The number of anilines is 1. The van der Waals surface area contributed by atoms with E-state index >= 15 is 0 Å². The number of hydrogen-bond donors (Lipinski definition) is 1. The number of pyridine rings is 1. The normalized spacial score (nSPS) is 18.8. The average Bonchev–Trinajstić information content (AvgIpc) is 2.97. The van der Waals surface area contributed by atoms with E-state index in [1.165, 1.54) is 24.8 Å². The number of ether oxygens (including phenoxy) is 6. The lowest BCUT2D eigenvalue weighted by atomic mass is 10.1. The molecule has 2 aromatic rings. The summed E-state index contributed by atoms with van der Waals surface area (Å²) in [6.45, 7) is 3.18. The maximum atomic E-state index is 12.3. The van der Waals surface area contributed by atoms with Gasteiger partial charge < -0.3 is 33.7 Å². The molecule has 220 valence electrons. The van der Waals surface area contributed by atoms with E-state index in [2.05, 4.69) is 21.3 Å². The number of cyclic esters (lactones) is 1. The molecule has 5 rings (SSSR count). The van der Waals surface area contributed by atoms with Crippen LogP contribution in [0.1, 0.15) is 31.2 Å². The van der Waals surface area contributed by atoms with Crippen LogP contribution in [0.15, 0.2) is 48.6 Å². The lowest BCUT2D eigenvalue weighted by Crippen LogP contribution is -2.29. The Kier molecular flexibility index (Phi) is 9.29. The van der Waals surface area contributed by atoms with E-state index in [0.29, 0.717) is 19.6 Å². The second kappa shape index (κ2) is 13.6. The summed E-state index contributed by atoms with van der Waals surface area (Å²) in [7, 11) is 0. The minimum absolute atomic E-state index is 0.0429. The van der Waals surface area contributed by atoms with Crippen molar-refractivity contribution < 1.29 is 47.6 Å². The van der Waals surface area contributed by atoms with Crippen molar-refractivity contribution in [2.45, 2.75) is 32.2 Å². The van der Waals surface area contributed by atoms with Crippen molar-refractivity contribution in [3.63, 3.8) is 0 Å². The summed E-state index contributed by atoms with van der Waals surface area (Å²) >= 11 is 0. The molecule has 1 fully saturated rings. The van der Waals surface area contributed by atoms with Gasteiger partial charge in [0.05, 0.1) is 6.61 Å². The Morgan fingerprint density at radius 2 is 1.50 bits per heavy atom. The Morgan fingerprint density at radius 3 is 2.26 bits per heavy atom. The highest BCUT2D eigenvalue weighted by Gasteiger charge is 2.31. The standard InChI is InChI=1S/C29H29N3O10/c33-21-8-9-24(36)42-27-25-26(41-23(35)11-10-22(34)40-25)28(31-29(27)39-18-38-21)30-12-5-15-37-20-7-4-6-19(16-20)17-32-13-2-1-3-14-32/h4,6-11,16H,1-3,5,12-15,17-18H2,(H,30,31)/b9-8-,11-10-. The fourth-order valence-electron chi connectivity index (χ4n) is 4.45. The van der Waals surface area contributed by atoms with Gasteiger partial charge in [-0.3, -0.25) is 4.90 Å². The zero-order valence-electron chi connectivity index (χ0n) is 22.7. The van der Waals surface area contributed by atoms with Crippen LogP contribution in [0.25, 0.3) is 0 Å². The number of carbonyl (C=O) groups excluding carboxylic acids is 4. The van der Waals surface area contributed by atoms with Gasteiger partial charge in [0.25, 0.3) is 5.88 Å². The first kappa shape index (κ1) is 28.6. The van der Waals surface area contributed by atoms with Gasteiger partial charge in [0.1, 0.15) is 5.75 Å². The molecule has 13 heteroatoms. The van der Waals surface area contributed by atoms with Gasteiger partial charge in [-0.05, 0) is 50.0 Å². The zero-order valence-corrected chi connectivity index (χ0v) is 22.7. The minimum atomic E-state index is -1.01. The third kappa shape index (κ3) is 7.63. The summed E-state index contributed by atoms with van der Waals surface area (Å²) in [4.78, 5) is 55.2. The molecule has 3 aliphatic rings. The van der Waals surface area contributed by atoms with Crippen molar-refractivity contribution >= 4 is 29.7 Å². The molecule has 1 saturated heterocycles. The van der Waals surface area contributed by atoms with Gasteiger partial charge in [-0.15, -0.1) is 0 Å². The van der Waals surface area contributed by atoms with E-state index in [9.17, 15) is 19.2 Å². The molecule has 0 aliphatic carbocycles. The number of fused-ring (bicyclic) bond motifs is 3. The maximum absolute atomic E-state index is 12.3. The van der Waals surface area contributed by atoms with Crippen LogP contribution in [0.4, 0.5) is 5.82 Å². The van der Waals surface area contributed by atoms with Crippen LogP contribution in [0.2, 0.25) is 0 Å². The number of piperidine rings is 1. The summed E-state index contributed by atoms with van der Waals surface area (Å²) in [5.41, 5.74) is 1.19. The largest absolute Gasteiger partial charge is 0.494 e. The molecule has 4 heterocycles. The molecule has 0 atom stereocenters. The van der Waals surface area contributed by atoms with Crippen LogP contribution in [0.3, 0.4) is 0 Å². The van der Waals surface area contributed by atoms with E-state index in [-0.39, 0.29) is 17.4 Å². The van der Waals surface area contributed by atoms with E-state index in [4.69, 9.17) is 28.4 Å². The highest BCUT2D eigenvalue weighted by Crippen LogP contribution is 2.48. The van der Waals surface area contributed by atoms with E-state index in [1.807, 2.05) is 18.2 Å². The van der Waals surface area contributed by atoms with E-state index < -0.39 is 42.2 Å². The molecule has 0 unspecified atom stereocenters. The SMILES string of the molecule is O=C1/C=C\C(=O)Oc2c(nc(NCCCOc3cccc(CN4CCCCC4)c3)c3c2OC(=O)/C=C\C(=O)O3)OCO1. The van der Waals surface area contributed by atoms with Gasteiger partial charge in [0.2, 0.25) is 24.0 Å². The monoisotopic (exact) mass is 579 g/mol. The molecule has 1 N–H and O–H groups in total. The van der Waals surface area contributed by atoms with Gasteiger partial charge in [-0.25, -0.2) is 19.2 Å². The molecule has 13 nitrogen and oxygen atoms in total. The number of hydrogen-bond acceptors (Lipinski definition) is 13. The Bertz CT molecular complexity index is 1410. The fourth-order valence-corrected chi connectivity index (χ4v) is 4.45. The van der Waals surface area contributed by atoms with Gasteiger partial charge in [0.15, 0.2) is 5.82 Å². The molecule has 3 aliphatic heterocycles. The first-order valence-corrected chi connectivity index (χ1v) is 13.5. The fraction of sp³-hybridized carbons (Fsp3) is 0.345. The number of nitrogens with zero attached hydrogens (tertiary/aromatic N) is 2. The van der Waals surface area contributed by atoms with E-state index in [0.717, 1.165) is 49.7 Å². The average molecular weight is 580 g/mol. The van der Waals surface area contributed by atoms with Gasteiger partial charge >= 0.3 is 23.9 Å². The number of likely N-dealkylation sites (tertiary alicyclic amines) is 1. The first-order chi connectivity index (χ1) is 20.4. The number of aromatic nitrogens is 1. The number of rotatable bonds is 8. The Balaban J connectivity index is 1.28. The van der Waals surface area contributed by atoms with Gasteiger partial charge in [-0.1, -0.05) is 18.6 Å². The minimum Gasteiger partial charge on any atom is -0.494 e. The van der Waals surface area contributed by atoms with Crippen LogP contribution >= 0.6 is 0 Å². The van der Waals surface area contributed by atoms with Crippen molar-refractivity contribution in [3.05, 3.63) is 54.1 Å². The quantitative estimate of drug-likeness (QED) is 0.361. The maximum Gasteiger partial charge on any atom is 0.336 e. The predicted molar refractivity (Wildman–Crippen MR) is 145 cm³/mol. The highest BCUT2D eigenvalue weighted by molar-refractivity contribution is 5.97. The van der Waals surface area contributed by atoms with Crippen LogP contribution in [0.5, 0.6) is 28.9 Å². The number of esters is 4. The number of nitrogens with one attached hydrogen (secondary N) is 1. The molecule has 0 amide bonds. The van der Waals surface area contributed by atoms with Crippen molar-refractivity contribution in [1.29, 1.82) is 0 Å². The molecule has 1 aromatic heterocycles. The molecule has 0 spiro atoms. The Hall–Kier alpha value is -4.91. The smallest absolute Gasteiger partial charge is 0.336 e. The van der Waals surface area contributed by atoms with Crippen molar-refractivity contribution in [2.75, 3.05) is 38.4 Å². The number of carbonyl (C=O) groups is 4. The van der Waals surface area contributed by atoms with Crippen molar-refractivity contribution in [2.24, 2.45) is 0 Å². The summed E-state index contributed by atoms with van der Waals surface area (Å²) in [5, 5.41) is 3.01. The summed E-state index contributed by atoms with van der Waals surface area (Å²) in [5.74, 6) is -4.45. The van der Waals surface area contributed by atoms with Crippen molar-refractivity contribution in [1.82, 2.24) is 9.88 Å². The first-order valence-electron chi connectivity index (χ1n) is 13.5. The second-order valence-electron chi connectivity index (χ2n) is 9.52. The summed E-state index contributed by atoms with van der Waals surface area (Å²) in [6.07, 6.45) is 7.65. The van der Waals surface area contributed by atoms with Crippen LogP contribution in [-0.2, 0) is 30.5 Å². The van der Waals surface area contributed by atoms with Crippen LogP contribution in [-0.4, -0.2) is 66.8 Å². The van der Waals surface area contributed by atoms with Crippen LogP contribution in [0, 0.1) is 0 Å². The molecule has 1 aromatic carbocycles. The van der Waals surface area contributed by atoms with Gasteiger partial charge in [-0.2, -0.15) is 4.98 Å². The Labute approximate surface area is 241 Å². The lowest BCUT2D eigenvalue weighted by Gasteiger charge is -2.26. The predicted octanol–water partition coefficient (Wildman–Crippen LogP) is 2.68. The molecule has 0 radical (unpaired) electrons. The Morgan fingerprint density at radius 1 is 0.810 bits per heavy atom. The summed E-state index contributed by atoms with van der Waals surface area (Å²) in [6, 6.07) is 8.00. The van der Waals surface area contributed by atoms with Crippen LogP contribution < -0.4 is 29.0 Å². The number of benzene rings is 1. The summed E-state index contributed by atoms with van der Waals surface area (Å²) < 4.78 is 32.1. The van der Waals surface area contributed by atoms with Gasteiger partial charge in [0, 0.05) is 37.4 Å². The lowest BCUT2D eigenvalue weighted by molar-refractivity contribution is -0.145. The zero-order chi connectivity index (χ0) is 29.3. The molecular formula is C29H29N3O10. The highest BCUT2D eigenvalue weighted by atomic mass is 16.7.